The van der Waals surface area contributed by atoms with Crippen LogP contribution in [0.4, 0.5) is 0 Å². The lowest BCUT2D eigenvalue weighted by molar-refractivity contribution is -0.114. The summed E-state index contributed by atoms with van der Waals surface area (Å²) in [5.41, 5.74) is 1.25. The zero-order chi connectivity index (χ0) is 9.35. The molecule has 0 unspecified atom stereocenters. The minimum Gasteiger partial charge on any atom is -0.295 e. The van der Waals surface area contributed by atoms with Gasteiger partial charge >= 0.3 is 0 Å². The summed E-state index contributed by atoms with van der Waals surface area (Å²) in [5.74, 6) is 0.901. The maximum Gasteiger partial charge on any atom is 0.155 e. The number of ketones is 1. The lowest BCUT2D eigenvalue weighted by Gasteiger charge is -2.31. The maximum absolute atomic E-state index is 11.2. The fourth-order valence-corrected chi connectivity index (χ4v) is 2.18. The molecule has 12 heavy (non-hydrogen) atoms. The van der Waals surface area contributed by atoms with Crippen LogP contribution in [0.3, 0.4) is 0 Å². The van der Waals surface area contributed by atoms with Gasteiger partial charge in [-0.3, -0.25) is 4.79 Å². The fourth-order valence-electron chi connectivity index (χ4n) is 2.18. The summed E-state index contributed by atoms with van der Waals surface area (Å²) in [6.45, 7) is 8.29. The standard InChI is InChI=1S/C11H18O/c1-8-5-10(9(2)12)7-11(3,4)6-8/h7-8H,5-6H2,1-4H3/t8-/m0/s1. The zero-order valence-electron chi connectivity index (χ0n) is 8.48. The molecule has 0 heterocycles. The number of hydrogen-bond donors (Lipinski definition) is 0. The molecule has 0 fully saturated rings. The first-order valence-electron chi connectivity index (χ1n) is 4.63. The van der Waals surface area contributed by atoms with E-state index in [1.165, 1.54) is 6.42 Å². The third-order valence-corrected chi connectivity index (χ3v) is 2.46. The van der Waals surface area contributed by atoms with Gasteiger partial charge in [0.15, 0.2) is 5.78 Å². The van der Waals surface area contributed by atoms with Crippen LogP contribution in [0.5, 0.6) is 0 Å². The predicted octanol–water partition coefficient (Wildman–Crippen LogP) is 2.96. The molecule has 1 atom stereocenters. The van der Waals surface area contributed by atoms with Crippen LogP contribution >= 0.6 is 0 Å². The Bertz CT molecular complexity index is 223. The van der Waals surface area contributed by atoms with Crippen LogP contribution in [-0.4, -0.2) is 5.78 Å². The highest BCUT2D eigenvalue weighted by atomic mass is 16.1. The Morgan fingerprint density at radius 3 is 2.58 bits per heavy atom. The molecule has 0 amide bonds. The molecule has 1 rings (SSSR count). The van der Waals surface area contributed by atoms with Gasteiger partial charge in [-0.05, 0) is 36.7 Å². The Labute approximate surface area is 74.9 Å². The second-order valence-corrected chi connectivity index (χ2v) is 4.73. The van der Waals surface area contributed by atoms with Gasteiger partial charge in [-0.1, -0.05) is 26.8 Å². The van der Waals surface area contributed by atoms with Crippen LogP contribution in [0.1, 0.15) is 40.5 Å². The van der Waals surface area contributed by atoms with E-state index in [-0.39, 0.29) is 11.2 Å². The van der Waals surface area contributed by atoms with Crippen molar-refractivity contribution in [3.63, 3.8) is 0 Å². The van der Waals surface area contributed by atoms with Crippen LogP contribution < -0.4 is 0 Å². The molecule has 0 aliphatic heterocycles. The Hall–Kier alpha value is -0.590. The SMILES string of the molecule is CC(=O)C1=CC(C)(C)C[C@@H](C)C1. The quantitative estimate of drug-likeness (QED) is 0.585. The van der Waals surface area contributed by atoms with Crippen molar-refractivity contribution in [3.05, 3.63) is 11.6 Å². The lowest BCUT2D eigenvalue weighted by atomic mass is 9.74. The van der Waals surface area contributed by atoms with E-state index in [0.717, 1.165) is 12.0 Å². The molecular formula is C11H18O. The van der Waals surface area contributed by atoms with E-state index in [1.807, 2.05) is 0 Å². The molecule has 0 aromatic rings. The van der Waals surface area contributed by atoms with Crippen molar-refractivity contribution in [2.75, 3.05) is 0 Å². The van der Waals surface area contributed by atoms with Gasteiger partial charge in [-0.15, -0.1) is 0 Å². The molecule has 0 radical (unpaired) electrons. The number of carbonyl (C=O) groups is 1. The molecule has 0 saturated carbocycles. The highest BCUT2D eigenvalue weighted by molar-refractivity contribution is 5.93. The van der Waals surface area contributed by atoms with Gasteiger partial charge < -0.3 is 0 Å². The molecule has 1 heteroatoms. The van der Waals surface area contributed by atoms with Crippen LogP contribution in [0.15, 0.2) is 11.6 Å². The normalized spacial score (nSPS) is 28.0. The second kappa shape index (κ2) is 3.04. The van der Waals surface area contributed by atoms with Crippen LogP contribution in [0.2, 0.25) is 0 Å². The van der Waals surface area contributed by atoms with Gasteiger partial charge in [0.2, 0.25) is 0 Å². The Morgan fingerprint density at radius 1 is 1.58 bits per heavy atom. The van der Waals surface area contributed by atoms with Crippen LogP contribution in [-0.2, 0) is 4.79 Å². The number of allylic oxidation sites excluding steroid dienone is 2. The number of carbonyl (C=O) groups excluding carboxylic acids is 1. The van der Waals surface area contributed by atoms with Crippen molar-refractivity contribution in [2.45, 2.75) is 40.5 Å². The Kier molecular flexibility index (Phi) is 2.41. The van der Waals surface area contributed by atoms with Crippen LogP contribution in [0, 0.1) is 11.3 Å². The van der Waals surface area contributed by atoms with Gasteiger partial charge in [0.25, 0.3) is 0 Å². The zero-order valence-corrected chi connectivity index (χ0v) is 8.48. The summed E-state index contributed by atoms with van der Waals surface area (Å²) in [6.07, 6.45) is 4.32. The van der Waals surface area contributed by atoms with Gasteiger partial charge in [0.05, 0.1) is 0 Å². The molecule has 1 nitrogen and oxygen atoms in total. The van der Waals surface area contributed by atoms with Crippen molar-refractivity contribution < 1.29 is 4.79 Å². The molecule has 68 valence electrons. The first-order valence-corrected chi connectivity index (χ1v) is 4.63. The average molecular weight is 166 g/mol. The van der Waals surface area contributed by atoms with E-state index in [4.69, 9.17) is 0 Å². The highest BCUT2D eigenvalue weighted by Crippen LogP contribution is 2.36. The van der Waals surface area contributed by atoms with Crippen molar-refractivity contribution in [3.8, 4) is 0 Å². The van der Waals surface area contributed by atoms with Gasteiger partial charge in [-0.2, -0.15) is 0 Å². The minimum absolute atomic E-state index is 0.221. The van der Waals surface area contributed by atoms with Crippen molar-refractivity contribution in [1.82, 2.24) is 0 Å². The predicted molar refractivity (Wildman–Crippen MR) is 50.9 cm³/mol. The van der Waals surface area contributed by atoms with E-state index in [1.54, 1.807) is 6.92 Å². The number of hydrogen-bond acceptors (Lipinski definition) is 1. The van der Waals surface area contributed by atoms with Crippen molar-refractivity contribution in [2.24, 2.45) is 11.3 Å². The lowest BCUT2D eigenvalue weighted by Crippen LogP contribution is -2.21. The van der Waals surface area contributed by atoms with E-state index in [2.05, 4.69) is 26.8 Å². The summed E-state index contributed by atoms with van der Waals surface area (Å²) in [5, 5.41) is 0. The molecule has 0 spiro atoms. The van der Waals surface area contributed by atoms with E-state index in [0.29, 0.717) is 5.92 Å². The van der Waals surface area contributed by atoms with E-state index < -0.39 is 0 Å². The summed E-state index contributed by atoms with van der Waals surface area (Å²) in [4.78, 5) is 11.2. The molecule has 1 aliphatic carbocycles. The summed E-state index contributed by atoms with van der Waals surface area (Å²) < 4.78 is 0. The number of rotatable bonds is 1. The Morgan fingerprint density at radius 2 is 2.17 bits per heavy atom. The van der Waals surface area contributed by atoms with Gasteiger partial charge in [0, 0.05) is 0 Å². The van der Waals surface area contributed by atoms with E-state index >= 15 is 0 Å². The molecule has 1 aliphatic rings. The fraction of sp³-hybridized carbons (Fsp3) is 0.727. The van der Waals surface area contributed by atoms with Crippen molar-refractivity contribution >= 4 is 5.78 Å². The molecule has 0 aromatic heterocycles. The smallest absolute Gasteiger partial charge is 0.155 e. The highest BCUT2D eigenvalue weighted by Gasteiger charge is 2.26. The first-order chi connectivity index (χ1) is 5.41. The summed E-state index contributed by atoms with van der Waals surface area (Å²) in [7, 11) is 0. The molecular weight excluding hydrogens is 148 g/mol. The monoisotopic (exact) mass is 166 g/mol. The molecule has 0 N–H and O–H groups in total. The molecule has 0 aromatic carbocycles. The van der Waals surface area contributed by atoms with Crippen LogP contribution in [0.25, 0.3) is 0 Å². The first kappa shape index (κ1) is 9.50. The summed E-state index contributed by atoms with van der Waals surface area (Å²) >= 11 is 0. The second-order valence-electron chi connectivity index (χ2n) is 4.73. The third kappa shape index (κ3) is 2.20. The van der Waals surface area contributed by atoms with Crippen molar-refractivity contribution in [1.29, 1.82) is 0 Å². The van der Waals surface area contributed by atoms with Gasteiger partial charge in [0.1, 0.15) is 0 Å². The average Bonchev–Trinajstić information content (AvgIpc) is 1.82. The molecule has 0 bridgehead atoms. The number of Topliss-reactive ketones (excluding diaryl/α,β-unsaturated/α-hetero) is 1. The Balaban J connectivity index is 2.88. The molecule has 0 saturated heterocycles. The minimum atomic E-state index is 0.221. The third-order valence-electron chi connectivity index (χ3n) is 2.46. The summed E-state index contributed by atoms with van der Waals surface area (Å²) in [6, 6.07) is 0. The largest absolute Gasteiger partial charge is 0.295 e. The topological polar surface area (TPSA) is 17.1 Å². The van der Waals surface area contributed by atoms with Gasteiger partial charge in [-0.25, -0.2) is 0 Å². The maximum atomic E-state index is 11.2. The van der Waals surface area contributed by atoms with E-state index in [9.17, 15) is 4.79 Å².